The van der Waals surface area contributed by atoms with Crippen molar-refractivity contribution in [3.05, 3.63) is 23.4 Å². The van der Waals surface area contributed by atoms with E-state index in [1.807, 2.05) is 12.1 Å². The number of aromatic nitrogens is 2. The Kier molecular flexibility index (Phi) is 3.13. The van der Waals surface area contributed by atoms with Crippen LogP contribution in [0.2, 0.25) is 0 Å². The lowest BCUT2D eigenvalue weighted by Crippen LogP contribution is -2.21. The van der Waals surface area contributed by atoms with Gasteiger partial charge in [0.15, 0.2) is 10.8 Å². The van der Waals surface area contributed by atoms with Crippen LogP contribution in [0.25, 0.3) is 10.8 Å². The van der Waals surface area contributed by atoms with Crippen LogP contribution in [0.5, 0.6) is 0 Å². The van der Waals surface area contributed by atoms with E-state index in [9.17, 15) is 0 Å². The van der Waals surface area contributed by atoms with Gasteiger partial charge in [0.05, 0.1) is 6.26 Å². The van der Waals surface area contributed by atoms with E-state index >= 15 is 0 Å². The first-order chi connectivity index (χ1) is 7.25. The summed E-state index contributed by atoms with van der Waals surface area (Å²) in [6.45, 7) is 4.97. The second-order valence-electron chi connectivity index (χ2n) is 3.51. The fourth-order valence-corrected chi connectivity index (χ4v) is 1.88. The topological polar surface area (TPSA) is 51.0 Å². The molecule has 15 heavy (non-hydrogen) atoms. The van der Waals surface area contributed by atoms with Crippen LogP contribution in [-0.2, 0) is 6.54 Å². The van der Waals surface area contributed by atoms with E-state index in [1.54, 1.807) is 17.6 Å². The molecular weight excluding hydrogens is 210 g/mol. The molecule has 5 heteroatoms. The molecule has 80 valence electrons. The molecule has 1 N–H and O–H groups in total. The van der Waals surface area contributed by atoms with Crippen molar-refractivity contribution >= 4 is 11.3 Å². The highest BCUT2D eigenvalue weighted by Gasteiger charge is 2.08. The van der Waals surface area contributed by atoms with E-state index in [2.05, 4.69) is 29.4 Å². The van der Waals surface area contributed by atoms with E-state index in [1.165, 1.54) is 0 Å². The highest BCUT2D eigenvalue weighted by atomic mass is 32.1. The summed E-state index contributed by atoms with van der Waals surface area (Å²) in [6.07, 6.45) is 1.64. The van der Waals surface area contributed by atoms with Crippen LogP contribution in [0.4, 0.5) is 0 Å². The monoisotopic (exact) mass is 223 g/mol. The van der Waals surface area contributed by atoms with E-state index in [0.717, 1.165) is 22.3 Å². The average molecular weight is 223 g/mol. The van der Waals surface area contributed by atoms with Crippen LogP contribution in [-0.4, -0.2) is 16.2 Å². The third kappa shape index (κ3) is 2.64. The summed E-state index contributed by atoms with van der Waals surface area (Å²) < 4.78 is 5.25. The minimum Gasteiger partial charge on any atom is -0.462 e. The number of hydrogen-bond donors (Lipinski definition) is 1. The summed E-state index contributed by atoms with van der Waals surface area (Å²) in [6, 6.07) is 4.20. The molecule has 0 aliphatic heterocycles. The highest BCUT2D eigenvalue weighted by molar-refractivity contribution is 7.14. The molecule has 0 aromatic carbocycles. The Balaban J connectivity index is 2.04. The largest absolute Gasteiger partial charge is 0.462 e. The van der Waals surface area contributed by atoms with E-state index in [0.29, 0.717) is 6.04 Å². The van der Waals surface area contributed by atoms with E-state index < -0.39 is 0 Å². The highest BCUT2D eigenvalue weighted by Crippen LogP contribution is 2.23. The number of nitrogens with zero attached hydrogens (tertiary/aromatic N) is 2. The number of rotatable bonds is 4. The second-order valence-corrected chi connectivity index (χ2v) is 4.58. The lowest BCUT2D eigenvalue weighted by atomic mass is 10.4. The molecule has 2 aromatic rings. The van der Waals surface area contributed by atoms with Crippen molar-refractivity contribution in [2.45, 2.75) is 26.4 Å². The fourth-order valence-electron chi connectivity index (χ4n) is 1.12. The van der Waals surface area contributed by atoms with Crippen LogP contribution in [0.15, 0.2) is 22.8 Å². The summed E-state index contributed by atoms with van der Waals surface area (Å²) in [7, 11) is 0. The maximum atomic E-state index is 5.25. The molecule has 0 fully saturated rings. The van der Waals surface area contributed by atoms with Gasteiger partial charge < -0.3 is 9.73 Å². The van der Waals surface area contributed by atoms with Crippen molar-refractivity contribution < 1.29 is 4.42 Å². The van der Waals surface area contributed by atoms with Gasteiger partial charge in [0.2, 0.25) is 0 Å². The van der Waals surface area contributed by atoms with Crippen LogP contribution >= 0.6 is 11.3 Å². The minimum atomic E-state index is 0.459. The molecule has 0 atom stereocenters. The minimum absolute atomic E-state index is 0.459. The van der Waals surface area contributed by atoms with Crippen molar-refractivity contribution in [1.29, 1.82) is 0 Å². The molecule has 2 rings (SSSR count). The molecule has 0 spiro atoms. The SMILES string of the molecule is CC(C)NCc1nnc(-c2ccco2)s1. The lowest BCUT2D eigenvalue weighted by Gasteiger charge is -2.03. The molecule has 2 heterocycles. The Morgan fingerprint density at radius 2 is 2.33 bits per heavy atom. The second kappa shape index (κ2) is 4.55. The van der Waals surface area contributed by atoms with Gasteiger partial charge in [-0.05, 0) is 12.1 Å². The molecule has 4 nitrogen and oxygen atoms in total. The summed E-state index contributed by atoms with van der Waals surface area (Å²) in [5.41, 5.74) is 0. The van der Waals surface area contributed by atoms with Gasteiger partial charge in [0, 0.05) is 12.6 Å². The number of furan rings is 1. The van der Waals surface area contributed by atoms with E-state index in [4.69, 9.17) is 4.42 Å². The third-order valence-corrected chi connectivity index (χ3v) is 2.80. The average Bonchev–Trinajstić information content (AvgIpc) is 2.85. The number of hydrogen-bond acceptors (Lipinski definition) is 5. The summed E-state index contributed by atoms with van der Waals surface area (Å²) >= 11 is 1.55. The zero-order valence-corrected chi connectivity index (χ0v) is 9.54. The van der Waals surface area contributed by atoms with Crippen molar-refractivity contribution in [1.82, 2.24) is 15.5 Å². The van der Waals surface area contributed by atoms with Crippen LogP contribution in [0.1, 0.15) is 18.9 Å². The molecule has 0 bridgehead atoms. The van der Waals surface area contributed by atoms with Gasteiger partial charge in [-0.15, -0.1) is 10.2 Å². The summed E-state index contributed by atoms with van der Waals surface area (Å²) in [4.78, 5) is 0. The fraction of sp³-hybridized carbons (Fsp3) is 0.400. The number of nitrogens with one attached hydrogen (secondary N) is 1. The van der Waals surface area contributed by atoms with Gasteiger partial charge in [-0.3, -0.25) is 0 Å². The molecule has 0 amide bonds. The predicted molar refractivity (Wildman–Crippen MR) is 59.6 cm³/mol. The maximum absolute atomic E-state index is 5.25. The Hall–Kier alpha value is -1.20. The van der Waals surface area contributed by atoms with Gasteiger partial charge in [-0.2, -0.15) is 0 Å². The van der Waals surface area contributed by atoms with Gasteiger partial charge >= 0.3 is 0 Å². The molecular formula is C10H13N3OS. The van der Waals surface area contributed by atoms with Crippen molar-refractivity contribution in [2.24, 2.45) is 0 Å². The molecule has 0 radical (unpaired) electrons. The predicted octanol–water partition coefficient (Wildman–Crippen LogP) is 2.30. The first kappa shape index (κ1) is 10.3. The van der Waals surface area contributed by atoms with Gasteiger partial charge in [-0.25, -0.2) is 0 Å². The molecule has 0 saturated carbocycles. The zero-order chi connectivity index (χ0) is 10.7. The Bertz CT molecular complexity index is 408. The molecule has 0 aliphatic carbocycles. The van der Waals surface area contributed by atoms with Crippen LogP contribution < -0.4 is 5.32 Å². The maximum Gasteiger partial charge on any atom is 0.183 e. The Morgan fingerprint density at radius 1 is 1.47 bits per heavy atom. The summed E-state index contributed by atoms with van der Waals surface area (Å²) in [5.74, 6) is 0.781. The van der Waals surface area contributed by atoms with Crippen molar-refractivity contribution in [2.75, 3.05) is 0 Å². The molecule has 0 aliphatic rings. The Morgan fingerprint density at radius 3 is 3.00 bits per heavy atom. The van der Waals surface area contributed by atoms with Crippen LogP contribution in [0.3, 0.4) is 0 Å². The van der Waals surface area contributed by atoms with Gasteiger partial charge in [0.25, 0.3) is 0 Å². The summed E-state index contributed by atoms with van der Waals surface area (Å²) in [5, 5.41) is 13.3. The first-order valence-corrected chi connectivity index (χ1v) is 5.67. The third-order valence-electron chi connectivity index (χ3n) is 1.86. The normalized spacial score (nSPS) is 11.1. The van der Waals surface area contributed by atoms with E-state index in [-0.39, 0.29) is 0 Å². The molecule has 2 aromatic heterocycles. The van der Waals surface area contributed by atoms with Crippen molar-refractivity contribution in [3.63, 3.8) is 0 Å². The molecule has 0 unspecified atom stereocenters. The van der Waals surface area contributed by atoms with Crippen LogP contribution in [0, 0.1) is 0 Å². The lowest BCUT2D eigenvalue weighted by molar-refractivity contribution is 0.579. The quantitative estimate of drug-likeness (QED) is 0.864. The van der Waals surface area contributed by atoms with Gasteiger partial charge in [-0.1, -0.05) is 25.2 Å². The Labute approximate surface area is 92.3 Å². The van der Waals surface area contributed by atoms with Crippen molar-refractivity contribution in [3.8, 4) is 10.8 Å². The van der Waals surface area contributed by atoms with Gasteiger partial charge in [0.1, 0.15) is 5.01 Å². The molecule has 0 saturated heterocycles. The zero-order valence-electron chi connectivity index (χ0n) is 8.73. The standard InChI is InChI=1S/C10H13N3OS/c1-7(2)11-6-9-12-13-10(15-9)8-4-3-5-14-8/h3-5,7,11H,6H2,1-2H3. The first-order valence-electron chi connectivity index (χ1n) is 4.85. The smallest absolute Gasteiger partial charge is 0.183 e.